The average Bonchev–Trinajstić information content (AvgIpc) is 2.40. The zero-order valence-corrected chi connectivity index (χ0v) is 11.2. The highest BCUT2D eigenvalue weighted by molar-refractivity contribution is 5.85. The van der Waals surface area contributed by atoms with Crippen molar-refractivity contribution in [2.24, 2.45) is 0 Å². The Balaban J connectivity index is 0.00000162. The minimum atomic E-state index is 0. The molecule has 0 spiro atoms. The van der Waals surface area contributed by atoms with Gasteiger partial charge in [0.15, 0.2) is 0 Å². The van der Waals surface area contributed by atoms with E-state index in [4.69, 9.17) is 0 Å². The number of nitrogens with zero attached hydrogens (tertiary/aromatic N) is 2. The highest BCUT2D eigenvalue weighted by Crippen LogP contribution is 2.17. The third-order valence-corrected chi connectivity index (χ3v) is 2.79. The Morgan fingerprint density at radius 1 is 1.17 bits per heavy atom. The number of anilines is 1. The van der Waals surface area contributed by atoms with Crippen molar-refractivity contribution in [2.75, 3.05) is 11.9 Å². The molecule has 0 aliphatic heterocycles. The van der Waals surface area contributed by atoms with Gasteiger partial charge in [-0.1, -0.05) is 36.9 Å². The lowest BCUT2D eigenvalue weighted by molar-refractivity contribution is 0.918. The van der Waals surface area contributed by atoms with Crippen LogP contribution in [0.3, 0.4) is 0 Å². The van der Waals surface area contributed by atoms with Gasteiger partial charge in [-0.2, -0.15) is 0 Å². The predicted molar refractivity (Wildman–Crippen MR) is 80.1 cm³/mol. The van der Waals surface area contributed by atoms with Gasteiger partial charge in [0.2, 0.25) is 0 Å². The van der Waals surface area contributed by atoms with E-state index in [1.54, 1.807) is 0 Å². The largest absolute Gasteiger partial charge is 0.370 e. The molecule has 0 N–H and O–H groups in total. The fraction of sp³-hybridized carbons (Fsp3) is 0.133. The summed E-state index contributed by atoms with van der Waals surface area (Å²) in [6, 6.07) is 12.3. The van der Waals surface area contributed by atoms with Gasteiger partial charge in [0.05, 0.1) is 0 Å². The summed E-state index contributed by atoms with van der Waals surface area (Å²) in [5, 5.41) is 0. The molecule has 0 radical (unpaired) electrons. The van der Waals surface area contributed by atoms with E-state index >= 15 is 0 Å². The third kappa shape index (κ3) is 3.34. The molecule has 1 aromatic heterocycles. The summed E-state index contributed by atoms with van der Waals surface area (Å²) in [5.41, 5.74) is 3.63. The normalized spacial score (nSPS) is 9.39. The van der Waals surface area contributed by atoms with Gasteiger partial charge in [0.25, 0.3) is 0 Å². The first-order valence-electron chi connectivity index (χ1n) is 5.63. The summed E-state index contributed by atoms with van der Waals surface area (Å²) in [6.07, 6.45) is 5.52. The highest BCUT2D eigenvalue weighted by Gasteiger charge is 2.03. The molecule has 94 valence electrons. The third-order valence-electron chi connectivity index (χ3n) is 2.79. The predicted octanol–water partition coefficient (Wildman–Crippen LogP) is 3.78. The van der Waals surface area contributed by atoms with Crippen molar-refractivity contribution >= 4 is 24.2 Å². The number of halogens is 1. The minimum absolute atomic E-state index is 0. The van der Waals surface area contributed by atoms with Gasteiger partial charge in [-0.3, -0.25) is 4.98 Å². The molecule has 0 saturated heterocycles. The van der Waals surface area contributed by atoms with Crippen LogP contribution in [-0.4, -0.2) is 12.0 Å². The van der Waals surface area contributed by atoms with Crippen molar-refractivity contribution in [3.05, 3.63) is 66.5 Å². The first-order chi connectivity index (χ1) is 8.31. The molecule has 0 bridgehead atoms. The van der Waals surface area contributed by atoms with Gasteiger partial charge in [-0.15, -0.1) is 12.4 Å². The van der Waals surface area contributed by atoms with Gasteiger partial charge < -0.3 is 4.90 Å². The Bertz CT molecular complexity index is 497. The van der Waals surface area contributed by atoms with Crippen molar-refractivity contribution in [3.63, 3.8) is 0 Å². The maximum Gasteiger partial charge on any atom is 0.0432 e. The molecular weight excluding hydrogens is 244 g/mol. The van der Waals surface area contributed by atoms with Crippen LogP contribution in [0.25, 0.3) is 6.08 Å². The second kappa shape index (κ2) is 6.82. The summed E-state index contributed by atoms with van der Waals surface area (Å²) in [6.45, 7) is 4.71. The monoisotopic (exact) mass is 260 g/mol. The van der Waals surface area contributed by atoms with E-state index in [1.165, 1.54) is 16.8 Å². The van der Waals surface area contributed by atoms with Gasteiger partial charge in [-0.05, 0) is 23.3 Å². The van der Waals surface area contributed by atoms with Crippen LogP contribution in [0.15, 0.2) is 55.4 Å². The molecule has 1 heterocycles. The molecule has 18 heavy (non-hydrogen) atoms. The van der Waals surface area contributed by atoms with E-state index in [2.05, 4.69) is 41.7 Å². The Morgan fingerprint density at radius 2 is 1.83 bits per heavy atom. The van der Waals surface area contributed by atoms with Crippen molar-refractivity contribution < 1.29 is 0 Å². The molecule has 0 unspecified atom stereocenters. The van der Waals surface area contributed by atoms with Crippen LogP contribution in [0, 0.1) is 0 Å². The van der Waals surface area contributed by atoms with Crippen LogP contribution in [0.5, 0.6) is 0 Å². The van der Waals surface area contributed by atoms with Gasteiger partial charge in [0.1, 0.15) is 0 Å². The van der Waals surface area contributed by atoms with Crippen LogP contribution in [-0.2, 0) is 6.54 Å². The van der Waals surface area contributed by atoms with Crippen LogP contribution in [0.2, 0.25) is 0 Å². The quantitative estimate of drug-likeness (QED) is 0.832. The van der Waals surface area contributed by atoms with Crippen LogP contribution < -0.4 is 4.90 Å². The number of aromatic nitrogens is 1. The second-order valence-electron chi connectivity index (χ2n) is 3.96. The summed E-state index contributed by atoms with van der Waals surface area (Å²) in [5.74, 6) is 0. The Kier molecular flexibility index (Phi) is 5.40. The van der Waals surface area contributed by atoms with Crippen molar-refractivity contribution in [2.45, 2.75) is 6.54 Å². The molecule has 0 amide bonds. The number of hydrogen-bond donors (Lipinski definition) is 0. The number of pyridine rings is 1. The van der Waals surface area contributed by atoms with Gasteiger partial charge in [0, 0.05) is 31.7 Å². The standard InChI is InChI=1S/C15H16N2.ClH/c1-3-13-6-4-5-7-14(13)12-17(2)15-8-10-16-11-9-15;/h3-11H,1,12H2,2H3;1H. The highest BCUT2D eigenvalue weighted by atomic mass is 35.5. The average molecular weight is 261 g/mol. The smallest absolute Gasteiger partial charge is 0.0432 e. The number of rotatable bonds is 4. The first kappa shape index (κ1) is 14.3. The molecule has 2 nitrogen and oxygen atoms in total. The maximum atomic E-state index is 4.03. The molecule has 0 aliphatic rings. The second-order valence-corrected chi connectivity index (χ2v) is 3.96. The van der Waals surface area contributed by atoms with Gasteiger partial charge in [-0.25, -0.2) is 0 Å². The van der Waals surface area contributed by atoms with Crippen molar-refractivity contribution in [3.8, 4) is 0 Å². The summed E-state index contributed by atoms with van der Waals surface area (Å²) in [7, 11) is 2.08. The Hall–Kier alpha value is -1.80. The van der Waals surface area contributed by atoms with Crippen LogP contribution in [0.4, 0.5) is 5.69 Å². The lowest BCUT2D eigenvalue weighted by atomic mass is 10.1. The van der Waals surface area contributed by atoms with E-state index < -0.39 is 0 Å². The van der Waals surface area contributed by atoms with Crippen LogP contribution >= 0.6 is 12.4 Å². The molecule has 0 aliphatic carbocycles. The number of benzene rings is 1. The minimum Gasteiger partial charge on any atom is -0.370 e. The fourth-order valence-corrected chi connectivity index (χ4v) is 1.82. The van der Waals surface area contributed by atoms with Crippen LogP contribution in [0.1, 0.15) is 11.1 Å². The summed E-state index contributed by atoms with van der Waals surface area (Å²) < 4.78 is 0. The molecular formula is C15H17ClN2. The zero-order valence-electron chi connectivity index (χ0n) is 10.4. The summed E-state index contributed by atoms with van der Waals surface area (Å²) in [4.78, 5) is 6.22. The molecule has 1 aromatic carbocycles. The first-order valence-corrected chi connectivity index (χ1v) is 5.63. The lowest BCUT2D eigenvalue weighted by Gasteiger charge is -2.20. The van der Waals surface area contributed by atoms with Crippen molar-refractivity contribution in [1.82, 2.24) is 4.98 Å². The molecule has 3 heteroatoms. The van der Waals surface area contributed by atoms with Crippen molar-refractivity contribution in [1.29, 1.82) is 0 Å². The molecule has 0 atom stereocenters. The van der Waals surface area contributed by atoms with E-state index in [-0.39, 0.29) is 12.4 Å². The van der Waals surface area contributed by atoms with E-state index in [0.717, 1.165) is 6.54 Å². The molecule has 2 aromatic rings. The van der Waals surface area contributed by atoms with E-state index in [0.29, 0.717) is 0 Å². The van der Waals surface area contributed by atoms with Gasteiger partial charge >= 0.3 is 0 Å². The number of hydrogen-bond acceptors (Lipinski definition) is 2. The maximum absolute atomic E-state index is 4.03. The topological polar surface area (TPSA) is 16.1 Å². The Labute approximate surface area is 114 Å². The summed E-state index contributed by atoms with van der Waals surface area (Å²) >= 11 is 0. The lowest BCUT2D eigenvalue weighted by Crippen LogP contribution is -2.16. The SMILES string of the molecule is C=Cc1ccccc1CN(C)c1ccncc1.Cl. The molecule has 2 rings (SSSR count). The Morgan fingerprint density at radius 3 is 2.50 bits per heavy atom. The molecule has 0 fully saturated rings. The zero-order chi connectivity index (χ0) is 12.1. The van der Waals surface area contributed by atoms with E-state index in [9.17, 15) is 0 Å². The van der Waals surface area contributed by atoms with E-state index in [1.807, 2.05) is 36.7 Å². The fourth-order valence-electron chi connectivity index (χ4n) is 1.82. The molecule has 0 saturated carbocycles.